The summed E-state index contributed by atoms with van der Waals surface area (Å²) in [4.78, 5) is 12.1. The molecule has 5 heteroatoms. The second-order valence-electron chi connectivity index (χ2n) is 13.3. The monoisotopic (exact) mass is 683 g/mol. The predicted octanol–water partition coefficient (Wildman–Crippen LogP) is 13.4. The maximum Gasteiger partial charge on any atom is 0.166 e. The van der Waals surface area contributed by atoms with Gasteiger partial charge in [0.05, 0.1) is 15.7 Å². The van der Waals surface area contributed by atoms with Crippen molar-refractivity contribution in [2.45, 2.75) is 0 Å². The average Bonchev–Trinajstić information content (AvgIpc) is 3.87. The van der Waals surface area contributed by atoms with Crippen molar-refractivity contribution in [1.82, 2.24) is 14.5 Å². The Morgan fingerprint density at radius 1 is 0.451 bits per heavy atom. The van der Waals surface area contributed by atoms with Gasteiger partial charge < -0.3 is 0 Å². The predicted molar refractivity (Wildman–Crippen MR) is 220 cm³/mol. The Hall–Kier alpha value is -6.14. The maximum atomic E-state index is 5.63. The molecular formula is C46H25N3S2. The molecule has 0 aliphatic carbocycles. The van der Waals surface area contributed by atoms with Gasteiger partial charge in [-0.2, -0.15) is 0 Å². The third-order valence-corrected chi connectivity index (χ3v) is 12.8. The normalized spacial score (nSPS) is 12.3. The van der Waals surface area contributed by atoms with Gasteiger partial charge in [-0.1, -0.05) is 127 Å². The molecular weight excluding hydrogens is 659 g/mol. The minimum Gasteiger partial charge on any atom is -0.290 e. The van der Waals surface area contributed by atoms with Crippen molar-refractivity contribution in [2.75, 3.05) is 0 Å². The molecule has 0 aliphatic rings. The minimum absolute atomic E-state index is 0.856. The van der Waals surface area contributed by atoms with Crippen LogP contribution in [0.25, 0.3) is 112 Å². The van der Waals surface area contributed by atoms with E-state index in [1.807, 2.05) is 11.3 Å². The molecule has 12 aromatic rings. The van der Waals surface area contributed by atoms with Crippen LogP contribution < -0.4 is 0 Å². The number of aromatic nitrogens is 3. The number of para-hydroxylation sites is 1. The van der Waals surface area contributed by atoms with Crippen LogP contribution in [0, 0.1) is 0 Å². The molecule has 0 spiro atoms. The van der Waals surface area contributed by atoms with E-state index >= 15 is 0 Å². The molecule has 12 rings (SSSR count). The van der Waals surface area contributed by atoms with E-state index in [2.05, 4.69) is 156 Å². The summed E-state index contributed by atoms with van der Waals surface area (Å²) >= 11 is 3.61. The molecule has 4 heterocycles. The Kier molecular flexibility index (Phi) is 5.53. The lowest BCUT2D eigenvalue weighted by atomic mass is 9.96. The molecule has 0 amide bonds. The molecule has 0 N–H and O–H groups in total. The summed E-state index contributed by atoms with van der Waals surface area (Å²) in [6, 6.07) is 54.9. The van der Waals surface area contributed by atoms with E-state index in [9.17, 15) is 0 Å². The van der Waals surface area contributed by atoms with Gasteiger partial charge in [0, 0.05) is 41.9 Å². The standard InChI is InChI=1S/C46H25N3S2/c1-2-13-28-25-29(22-21-26(28)11-1)41-45(48-46-42(47-41)34-18-8-10-20-36(34)51-46)49-35-19-9-7-17-33(35)38-31-15-5-6-16-32(31)40-39-30-14-4-3-12-27(30)23-24-37(39)50-44(40)43(38)49/h1-25H. The number of nitrogens with zero attached hydrogens (tertiary/aromatic N) is 3. The van der Waals surface area contributed by atoms with Gasteiger partial charge in [-0.05, 0) is 56.6 Å². The van der Waals surface area contributed by atoms with Crippen LogP contribution in [0.2, 0.25) is 0 Å². The van der Waals surface area contributed by atoms with Crippen LogP contribution in [-0.2, 0) is 0 Å². The number of rotatable bonds is 2. The molecule has 0 radical (unpaired) electrons. The highest BCUT2D eigenvalue weighted by atomic mass is 32.1. The fourth-order valence-corrected chi connectivity index (χ4v) is 10.6. The third kappa shape index (κ3) is 3.77. The first kappa shape index (κ1) is 27.7. The van der Waals surface area contributed by atoms with Crippen molar-refractivity contribution in [3.63, 3.8) is 0 Å². The molecule has 0 atom stereocenters. The van der Waals surface area contributed by atoms with E-state index in [-0.39, 0.29) is 0 Å². The van der Waals surface area contributed by atoms with Gasteiger partial charge in [0.1, 0.15) is 16.0 Å². The maximum absolute atomic E-state index is 5.63. The van der Waals surface area contributed by atoms with Crippen molar-refractivity contribution >= 4 is 117 Å². The number of hydrogen-bond acceptors (Lipinski definition) is 4. The van der Waals surface area contributed by atoms with Gasteiger partial charge in [-0.3, -0.25) is 4.57 Å². The molecule has 8 aromatic carbocycles. The molecule has 0 aliphatic heterocycles. The topological polar surface area (TPSA) is 30.7 Å². The number of thiophene rings is 2. The molecule has 3 nitrogen and oxygen atoms in total. The SMILES string of the molecule is c1ccc2cc(-c3nc4c(nc3-n3c5ccccc5c5c6ccccc6c6c(sc7ccc8ccccc8c76)c53)sc3ccccc34)ccc2c1. The summed E-state index contributed by atoms with van der Waals surface area (Å²) in [6.07, 6.45) is 0. The molecule has 0 fully saturated rings. The van der Waals surface area contributed by atoms with Crippen LogP contribution in [0.15, 0.2) is 152 Å². The first-order valence-electron chi connectivity index (χ1n) is 17.2. The molecule has 51 heavy (non-hydrogen) atoms. The summed E-state index contributed by atoms with van der Waals surface area (Å²) in [5.74, 6) is 0.856. The van der Waals surface area contributed by atoms with Crippen molar-refractivity contribution in [3.05, 3.63) is 152 Å². The van der Waals surface area contributed by atoms with E-state index < -0.39 is 0 Å². The molecule has 0 saturated carbocycles. The van der Waals surface area contributed by atoms with Crippen LogP contribution in [-0.4, -0.2) is 14.5 Å². The minimum atomic E-state index is 0.856. The lowest BCUT2D eigenvalue weighted by Gasteiger charge is -2.14. The summed E-state index contributed by atoms with van der Waals surface area (Å²) in [7, 11) is 0. The highest BCUT2D eigenvalue weighted by Crippen LogP contribution is 2.50. The summed E-state index contributed by atoms with van der Waals surface area (Å²) in [5, 5.41) is 13.7. The van der Waals surface area contributed by atoms with Gasteiger partial charge in [0.25, 0.3) is 0 Å². The zero-order chi connectivity index (χ0) is 33.2. The zero-order valence-electron chi connectivity index (χ0n) is 27.1. The smallest absolute Gasteiger partial charge is 0.166 e. The Balaban J connectivity index is 1.33. The van der Waals surface area contributed by atoms with Gasteiger partial charge >= 0.3 is 0 Å². The van der Waals surface area contributed by atoms with Crippen molar-refractivity contribution in [3.8, 4) is 17.1 Å². The summed E-state index contributed by atoms with van der Waals surface area (Å²) in [6.45, 7) is 0. The first-order valence-corrected chi connectivity index (χ1v) is 18.8. The van der Waals surface area contributed by atoms with E-state index in [1.54, 1.807) is 11.3 Å². The Morgan fingerprint density at radius 3 is 1.98 bits per heavy atom. The van der Waals surface area contributed by atoms with Crippen LogP contribution in [0.4, 0.5) is 0 Å². The molecule has 4 aromatic heterocycles. The fraction of sp³-hybridized carbons (Fsp3) is 0. The molecule has 0 saturated heterocycles. The summed E-state index contributed by atoms with van der Waals surface area (Å²) < 4.78 is 6.19. The average molecular weight is 684 g/mol. The first-order chi connectivity index (χ1) is 25.3. The quantitative estimate of drug-likeness (QED) is 0.182. The van der Waals surface area contributed by atoms with Gasteiger partial charge in [0.2, 0.25) is 0 Å². The number of fused-ring (bicyclic) bond motifs is 16. The van der Waals surface area contributed by atoms with Gasteiger partial charge in [0.15, 0.2) is 5.82 Å². The van der Waals surface area contributed by atoms with Crippen molar-refractivity contribution in [2.24, 2.45) is 0 Å². The Bertz CT molecular complexity index is 3440. The van der Waals surface area contributed by atoms with Crippen molar-refractivity contribution < 1.29 is 0 Å². The zero-order valence-corrected chi connectivity index (χ0v) is 28.7. The highest BCUT2D eigenvalue weighted by Gasteiger charge is 2.26. The second-order valence-corrected chi connectivity index (χ2v) is 15.4. The van der Waals surface area contributed by atoms with Crippen molar-refractivity contribution in [1.29, 1.82) is 0 Å². The lowest BCUT2D eigenvalue weighted by Crippen LogP contribution is -2.03. The Labute approximate surface area is 299 Å². The largest absolute Gasteiger partial charge is 0.290 e. The summed E-state index contributed by atoms with van der Waals surface area (Å²) in [5.41, 5.74) is 5.20. The molecule has 0 bridgehead atoms. The molecule has 236 valence electrons. The van der Waals surface area contributed by atoms with Crippen LogP contribution >= 0.6 is 22.7 Å². The van der Waals surface area contributed by atoms with Gasteiger partial charge in [-0.15, -0.1) is 22.7 Å². The molecule has 0 unspecified atom stereocenters. The van der Waals surface area contributed by atoms with E-state index in [0.717, 1.165) is 38.3 Å². The third-order valence-electron chi connectivity index (χ3n) is 10.6. The number of benzene rings is 8. The Morgan fingerprint density at radius 2 is 1.12 bits per heavy atom. The fourth-order valence-electron chi connectivity index (χ4n) is 8.36. The van der Waals surface area contributed by atoms with Crippen LogP contribution in [0.1, 0.15) is 0 Å². The van der Waals surface area contributed by atoms with E-state index in [0.29, 0.717) is 0 Å². The number of hydrogen-bond donors (Lipinski definition) is 0. The highest BCUT2D eigenvalue weighted by molar-refractivity contribution is 7.27. The van der Waals surface area contributed by atoms with Crippen LogP contribution in [0.3, 0.4) is 0 Å². The van der Waals surface area contributed by atoms with Gasteiger partial charge in [-0.25, -0.2) is 9.97 Å². The van der Waals surface area contributed by atoms with E-state index in [4.69, 9.17) is 9.97 Å². The second kappa shape index (κ2) is 10.2. The lowest BCUT2D eigenvalue weighted by molar-refractivity contribution is 1.09. The van der Waals surface area contributed by atoms with Crippen LogP contribution in [0.5, 0.6) is 0 Å². The van der Waals surface area contributed by atoms with E-state index in [1.165, 1.54) is 73.5 Å².